The van der Waals surface area contributed by atoms with E-state index in [0.717, 1.165) is 17.6 Å². The van der Waals surface area contributed by atoms with Crippen LogP contribution >= 0.6 is 11.6 Å². The summed E-state index contributed by atoms with van der Waals surface area (Å²) < 4.78 is 17.9. The molecule has 0 saturated carbocycles. The third kappa shape index (κ3) is 7.71. The van der Waals surface area contributed by atoms with Crippen molar-refractivity contribution in [3.63, 3.8) is 0 Å². The number of alkyl carbamates (subject to hydrolysis) is 1. The van der Waals surface area contributed by atoms with Crippen molar-refractivity contribution in [1.82, 2.24) is 5.32 Å². The second kappa shape index (κ2) is 8.03. The quantitative estimate of drug-likeness (QED) is 0.874. The number of carbonyl (C=O) groups excluding carboxylic acids is 1. The second-order valence-electron chi connectivity index (χ2n) is 5.75. The number of aryl methyl sites for hydroxylation is 1. The highest BCUT2D eigenvalue weighted by Gasteiger charge is 2.15. The summed E-state index contributed by atoms with van der Waals surface area (Å²) in [6.45, 7) is 5.75. The highest BCUT2D eigenvalue weighted by Crippen LogP contribution is 2.11. The molecule has 0 saturated heterocycles. The molecule has 0 spiro atoms. The first-order chi connectivity index (χ1) is 9.80. The molecule has 0 aliphatic carbocycles. The van der Waals surface area contributed by atoms with Crippen LogP contribution in [0.4, 0.5) is 9.18 Å². The molecule has 0 bridgehead atoms. The first-order valence-electron chi connectivity index (χ1n) is 6.79. The molecule has 1 aromatic rings. The molecule has 0 radical (unpaired) electrons. The van der Waals surface area contributed by atoms with Crippen molar-refractivity contribution < 1.29 is 13.9 Å². The highest BCUT2D eigenvalue weighted by atomic mass is 35.5. The monoisotopic (exact) mass is 313 g/mol. The van der Waals surface area contributed by atoms with Gasteiger partial charge in [0.2, 0.25) is 0 Å². The van der Waals surface area contributed by atoms with Crippen LogP contribution in [0.15, 0.2) is 35.4 Å². The van der Waals surface area contributed by atoms with Crippen LogP contribution in [0.25, 0.3) is 0 Å². The fourth-order valence-corrected chi connectivity index (χ4v) is 1.82. The Labute approximate surface area is 130 Å². The standard InChI is InChI=1S/C16H21ClFNO2/c1-16(2,3)21-15(20)19-11-13(10-17)5-4-12-6-8-14(18)9-7-12/h6-10H,4-5,11H2,1-3H3,(H,19,20). The Morgan fingerprint density at radius 2 is 1.95 bits per heavy atom. The summed E-state index contributed by atoms with van der Waals surface area (Å²) in [5, 5.41) is 2.66. The van der Waals surface area contributed by atoms with E-state index in [1.54, 1.807) is 32.9 Å². The molecule has 21 heavy (non-hydrogen) atoms. The average Bonchev–Trinajstić information content (AvgIpc) is 2.39. The van der Waals surface area contributed by atoms with Crippen LogP contribution < -0.4 is 5.32 Å². The Kier molecular flexibility index (Phi) is 6.69. The smallest absolute Gasteiger partial charge is 0.407 e. The van der Waals surface area contributed by atoms with E-state index in [0.29, 0.717) is 13.0 Å². The average molecular weight is 314 g/mol. The molecule has 5 heteroatoms. The van der Waals surface area contributed by atoms with Crippen molar-refractivity contribution in [3.8, 4) is 0 Å². The van der Waals surface area contributed by atoms with Crippen LogP contribution in [0, 0.1) is 5.82 Å². The molecule has 0 atom stereocenters. The number of rotatable bonds is 5. The zero-order valence-electron chi connectivity index (χ0n) is 12.6. The molecule has 3 nitrogen and oxygen atoms in total. The third-order valence-corrected chi connectivity index (χ3v) is 2.97. The molecule has 0 aromatic heterocycles. The maximum absolute atomic E-state index is 12.8. The van der Waals surface area contributed by atoms with Gasteiger partial charge in [0.15, 0.2) is 0 Å². The molecule has 1 amide bonds. The molecule has 0 aliphatic rings. The fraction of sp³-hybridized carbons (Fsp3) is 0.438. The largest absolute Gasteiger partial charge is 0.444 e. The molecule has 1 N–H and O–H groups in total. The van der Waals surface area contributed by atoms with Crippen LogP contribution in [0.3, 0.4) is 0 Å². The molecule has 0 fully saturated rings. The van der Waals surface area contributed by atoms with Gasteiger partial charge in [0.05, 0.1) is 0 Å². The fourth-order valence-electron chi connectivity index (χ4n) is 1.64. The van der Waals surface area contributed by atoms with Crippen molar-refractivity contribution >= 4 is 17.7 Å². The number of ether oxygens (including phenoxy) is 1. The normalized spacial score (nSPS) is 12.1. The summed E-state index contributed by atoms with van der Waals surface area (Å²) in [4.78, 5) is 11.5. The summed E-state index contributed by atoms with van der Waals surface area (Å²) >= 11 is 5.76. The van der Waals surface area contributed by atoms with Gasteiger partial charge < -0.3 is 10.1 Å². The molecule has 0 unspecified atom stereocenters. The van der Waals surface area contributed by atoms with Crippen LogP contribution in [-0.4, -0.2) is 18.2 Å². The van der Waals surface area contributed by atoms with Gasteiger partial charge in [-0.1, -0.05) is 23.7 Å². The van der Waals surface area contributed by atoms with Crippen molar-refractivity contribution in [2.75, 3.05) is 6.54 Å². The van der Waals surface area contributed by atoms with Gasteiger partial charge in [-0.15, -0.1) is 0 Å². The minimum absolute atomic E-state index is 0.251. The molecule has 1 aromatic carbocycles. The van der Waals surface area contributed by atoms with Gasteiger partial charge in [0.25, 0.3) is 0 Å². The predicted octanol–water partition coefficient (Wildman–Crippen LogP) is 4.41. The van der Waals surface area contributed by atoms with Gasteiger partial charge in [-0.25, -0.2) is 9.18 Å². The summed E-state index contributed by atoms with van der Waals surface area (Å²) in [6, 6.07) is 6.34. The van der Waals surface area contributed by atoms with E-state index in [-0.39, 0.29) is 5.82 Å². The number of carbonyl (C=O) groups is 1. The Morgan fingerprint density at radius 3 is 2.48 bits per heavy atom. The van der Waals surface area contributed by atoms with E-state index in [9.17, 15) is 9.18 Å². The number of halogens is 2. The Balaban J connectivity index is 2.39. The zero-order valence-corrected chi connectivity index (χ0v) is 13.3. The minimum atomic E-state index is -0.525. The van der Waals surface area contributed by atoms with E-state index in [1.165, 1.54) is 17.7 Å². The number of nitrogens with one attached hydrogen (secondary N) is 1. The third-order valence-electron chi connectivity index (χ3n) is 2.66. The lowest BCUT2D eigenvalue weighted by Gasteiger charge is -2.20. The first-order valence-corrected chi connectivity index (χ1v) is 7.23. The van der Waals surface area contributed by atoms with Crippen molar-refractivity contribution in [2.24, 2.45) is 0 Å². The SMILES string of the molecule is CC(C)(C)OC(=O)NCC(=CCl)CCc1ccc(F)cc1. The van der Waals surface area contributed by atoms with E-state index in [1.807, 2.05) is 0 Å². The number of benzene rings is 1. The van der Waals surface area contributed by atoms with Crippen molar-refractivity contribution in [2.45, 2.75) is 39.2 Å². The Hall–Kier alpha value is -1.55. The van der Waals surface area contributed by atoms with Crippen LogP contribution in [0.1, 0.15) is 32.8 Å². The lowest BCUT2D eigenvalue weighted by atomic mass is 10.1. The van der Waals surface area contributed by atoms with Crippen molar-refractivity contribution in [1.29, 1.82) is 0 Å². The van der Waals surface area contributed by atoms with Crippen LogP contribution in [0.2, 0.25) is 0 Å². The molecular weight excluding hydrogens is 293 g/mol. The summed E-state index contributed by atoms with van der Waals surface area (Å²) in [5.74, 6) is -0.251. The molecular formula is C16H21ClFNO2. The van der Waals surface area contributed by atoms with E-state index >= 15 is 0 Å². The molecule has 1 rings (SSSR count). The van der Waals surface area contributed by atoms with Crippen LogP contribution in [-0.2, 0) is 11.2 Å². The summed E-state index contributed by atoms with van der Waals surface area (Å²) in [7, 11) is 0. The zero-order chi connectivity index (χ0) is 15.9. The number of hydrogen-bond donors (Lipinski definition) is 1. The van der Waals surface area contributed by atoms with E-state index in [4.69, 9.17) is 16.3 Å². The van der Waals surface area contributed by atoms with Crippen molar-refractivity contribution in [3.05, 3.63) is 46.8 Å². The first kappa shape index (κ1) is 17.5. The number of amides is 1. The maximum atomic E-state index is 12.8. The van der Waals surface area contributed by atoms with Gasteiger partial charge >= 0.3 is 6.09 Å². The highest BCUT2D eigenvalue weighted by molar-refractivity contribution is 6.25. The second-order valence-corrected chi connectivity index (χ2v) is 5.97. The topological polar surface area (TPSA) is 38.3 Å². The van der Waals surface area contributed by atoms with E-state index in [2.05, 4.69) is 5.32 Å². The van der Waals surface area contributed by atoms with Gasteiger partial charge in [-0.2, -0.15) is 0 Å². The van der Waals surface area contributed by atoms with E-state index < -0.39 is 11.7 Å². The summed E-state index contributed by atoms with van der Waals surface area (Å²) in [6.07, 6.45) is 0.944. The van der Waals surface area contributed by atoms with Gasteiger partial charge in [0, 0.05) is 12.1 Å². The Morgan fingerprint density at radius 1 is 1.33 bits per heavy atom. The number of hydrogen-bond acceptors (Lipinski definition) is 2. The minimum Gasteiger partial charge on any atom is -0.444 e. The van der Waals surface area contributed by atoms with Gasteiger partial charge in [-0.05, 0) is 56.9 Å². The lowest BCUT2D eigenvalue weighted by molar-refractivity contribution is 0.0532. The maximum Gasteiger partial charge on any atom is 0.407 e. The van der Waals surface area contributed by atoms with Crippen LogP contribution in [0.5, 0.6) is 0 Å². The van der Waals surface area contributed by atoms with Gasteiger partial charge in [0.1, 0.15) is 11.4 Å². The molecule has 0 heterocycles. The predicted molar refractivity (Wildman–Crippen MR) is 82.9 cm³/mol. The van der Waals surface area contributed by atoms with Gasteiger partial charge in [-0.3, -0.25) is 0 Å². The molecule has 0 aliphatic heterocycles. The Bertz CT molecular complexity index is 492. The summed E-state index contributed by atoms with van der Waals surface area (Å²) in [5.41, 5.74) is 2.83. The lowest BCUT2D eigenvalue weighted by Crippen LogP contribution is -2.33. The molecule has 116 valence electrons.